The lowest BCUT2D eigenvalue weighted by atomic mass is 10.2. The standard InChI is InChI=1S/C12H18N2O3/c1-10-7-11(9-13-8-10)12(16)14(3-5-15)4-6-17-2/h7-9,15H,3-6H2,1-2H3. The van der Waals surface area contributed by atoms with Crippen molar-refractivity contribution in [3.8, 4) is 0 Å². The Kier molecular flexibility index (Phi) is 5.59. The molecular formula is C12H18N2O3. The van der Waals surface area contributed by atoms with E-state index >= 15 is 0 Å². The molecule has 0 spiro atoms. The summed E-state index contributed by atoms with van der Waals surface area (Å²) in [5.41, 5.74) is 1.47. The summed E-state index contributed by atoms with van der Waals surface area (Å²) in [6, 6.07) is 1.78. The van der Waals surface area contributed by atoms with Crippen LogP contribution in [0.1, 0.15) is 15.9 Å². The molecule has 0 radical (unpaired) electrons. The molecule has 0 bridgehead atoms. The van der Waals surface area contributed by atoms with Crippen LogP contribution < -0.4 is 0 Å². The number of pyridine rings is 1. The van der Waals surface area contributed by atoms with Gasteiger partial charge >= 0.3 is 0 Å². The van der Waals surface area contributed by atoms with E-state index in [2.05, 4.69) is 4.98 Å². The van der Waals surface area contributed by atoms with E-state index in [1.54, 1.807) is 24.3 Å². The maximum absolute atomic E-state index is 12.1. The molecule has 0 aromatic carbocycles. The van der Waals surface area contributed by atoms with Gasteiger partial charge in [0.05, 0.1) is 18.8 Å². The Bertz CT molecular complexity index is 369. The van der Waals surface area contributed by atoms with E-state index in [9.17, 15) is 4.79 Å². The first kappa shape index (κ1) is 13.6. The summed E-state index contributed by atoms with van der Waals surface area (Å²) in [5.74, 6) is -0.132. The first-order valence-electron chi connectivity index (χ1n) is 5.49. The van der Waals surface area contributed by atoms with Crippen molar-refractivity contribution >= 4 is 5.91 Å². The number of methoxy groups -OCH3 is 1. The Morgan fingerprint density at radius 2 is 2.24 bits per heavy atom. The number of rotatable bonds is 6. The van der Waals surface area contributed by atoms with Crippen molar-refractivity contribution in [2.24, 2.45) is 0 Å². The average Bonchev–Trinajstić information content (AvgIpc) is 2.33. The van der Waals surface area contributed by atoms with Gasteiger partial charge in [0, 0.05) is 32.6 Å². The number of nitrogens with zero attached hydrogens (tertiary/aromatic N) is 2. The van der Waals surface area contributed by atoms with Gasteiger partial charge < -0.3 is 14.7 Å². The molecule has 5 nitrogen and oxygen atoms in total. The van der Waals surface area contributed by atoms with Gasteiger partial charge in [-0.3, -0.25) is 9.78 Å². The van der Waals surface area contributed by atoms with E-state index < -0.39 is 0 Å². The molecule has 1 N–H and O–H groups in total. The minimum Gasteiger partial charge on any atom is -0.395 e. The van der Waals surface area contributed by atoms with Crippen LogP contribution in [0.2, 0.25) is 0 Å². The lowest BCUT2D eigenvalue weighted by Crippen LogP contribution is -2.36. The third-order valence-electron chi connectivity index (χ3n) is 2.34. The fraction of sp³-hybridized carbons (Fsp3) is 0.500. The summed E-state index contributed by atoms with van der Waals surface area (Å²) in [6.45, 7) is 3.04. The van der Waals surface area contributed by atoms with Crippen molar-refractivity contribution in [1.82, 2.24) is 9.88 Å². The Labute approximate surface area is 101 Å². The zero-order chi connectivity index (χ0) is 12.7. The second-order valence-corrected chi connectivity index (χ2v) is 3.76. The number of aromatic nitrogens is 1. The van der Waals surface area contributed by atoms with Gasteiger partial charge in [-0.1, -0.05) is 0 Å². The fourth-order valence-corrected chi connectivity index (χ4v) is 1.49. The number of amides is 1. The van der Waals surface area contributed by atoms with Crippen LogP contribution in [-0.2, 0) is 4.74 Å². The predicted octanol–water partition coefficient (Wildman–Crippen LogP) is 0.471. The molecule has 1 aromatic rings. The molecule has 1 aromatic heterocycles. The van der Waals surface area contributed by atoms with Crippen LogP contribution in [0, 0.1) is 6.92 Å². The Hall–Kier alpha value is -1.46. The number of aliphatic hydroxyl groups is 1. The normalized spacial score (nSPS) is 10.3. The molecule has 0 fully saturated rings. The van der Waals surface area contributed by atoms with Crippen molar-refractivity contribution in [3.63, 3.8) is 0 Å². The van der Waals surface area contributed by atoms with Gasteiger partial charge in [0.2, 0.25) is 0 Å². The van der Waals surface area contributed by atoms with Gasteiger partial charge in [-0.15, -0.1) is 0 Å². The zero-order valence-corrected chi connectivity index (χ0v) is 10.2. The van der Waals surface area contributed by atoms with Crippen molar-refractivity contribution < 1.29 is 14.6 Å². The van der Waals surface area contributed by atoms with Crippen LogP contribution in [0.3, 0.4) is 0 Å². The SMILES string of the molecule is COCCN(CCO)C(=O)c1cncc(C)c1. The molecule has 5 heteroatoms. The number of aryl methyl sites for hydroxylation is 1. The van der Waals surface area contributed by atoms with Crippen LogP contribution in [0.15, 0.2) is 18.5 Å². The third-order valence-corrected chi connectivity index (χ3v) is 2.34. The minimum atomic E-state index is -0.132. The summed E-state index contributed by atoms with van der Waals surface area (Å²) in [4.78, 5) is 17.7. The van der Waals surface area contributed by atoms with Gasteiger partial charge in [0.15, 0.2) is 0 Å². The third kappa shape index (κ3) is 4.13. The highest BCUT2D eigenvalue weighted by atomic mass is 16.5. The van der Waals surface area contributed by atoms with E-state index in [0.29, 0.717) is 25.3 Å². The van der Waals surface area contributed by atoms with Crippen LogP contribution in [0.4, 0.5) is 0 Å². The van der Waals surface area contributed by atoms with Gasteiger partial charge in [0.25, 0.3) is 5.91 Å². The molecule has 0 saturated heterocycles. The minimum absolute atomic E-state index is 0.0608. The molecule has 0 atom stereocenters. The van der Waals surface area contributed by atoms with E-state index in [1.165, 1.54) is 6.20 Å². The first-order valence-corrected chi connectivity index (χ1v) is 5.49. The highest BCUT2D eigenvalue weighted by Crippen LogP contribution is 2.05. The predicted molar refractivity (Wildman–Crippen MR) is 63.8 cm³/mol. The maximum atomic E-state index is 12.1. The van der Waals surface area contributed by atoms with Gasteiger partial charge in [0.1, 0.15) is 0 Å². The molecule has 0 saturated carbocycles. The molecule has 0 aliphatic rings. The zero-order valence-electron chi connectivity index (χ0n) is 10.2. The van der Waals surface area contributed by atoms with Gasteiger partial charge in [-0.05, 0) is 18.6 Å². The maximum Gasteiger partial charge on any atom is 0.255 e. The summed E-state index contributed by atoms with van der Waals surface area (Å²) in [7, 11) is 1.58. The van der Waals surface area contributed by atoms with Gasteiger partial charge in [-0.25, -0.2) is 0 Å². The number of aliphatic hydroxyl groups excluding tert-OH is 1. The molecule has 94 valence electrons. The summed E-state index contributed by atoms with van der Waals surface area (Å²) in [5, 5.41) is 8.94. The molecule has 17 heavy (non-hydrogen) atoms. The largest absolute Gasteiger partial charge is 0.395 e. The lowest BCUT2D eigenvalue weighted by molar-refractivity contribution is 0.0656. The molecule has 1 amide bonds. The van der Waals surface area contributed by atoms with E-state index in [1.807, 2.05) is 6.92 Å². The van der Waals surface area contributed by atoms with Crippen LogP contribution in [-0.4, -0.2) is 54.3 Å². The number of hydrogen-bond donors (Lipinski definition) is 1. The van der Waals surface area contributed by atoms with Gasteiger partial charge in [-0.2, -0.15) is 0 Å². The van der Waals surface area contributed by atoms with Crippen molar-refractivity contribution in [3.05, 3.63) is 29.6 Å². The molecule has 1 heterocycles. The highest BCUT2D eigenvalue weighted by molar-refractivity contribution is 5.94. The highest BCUT2D eigenvalue weighted by Gasteiger charge is 2.15. The van der Waals surface area contributed by atoms with Crippen molar-refractivity contribution in [2.45, 2.75) is 6.92 Å². The average molecular weight is 238 g/mol. The second kappa shape index (κ2) is 6.98. The lowest BCUT2D eigenvalue weighted by Gasteiger charge is -2.21. The number of ether oxygens (including phenoxy) is 1. The fourth-order valence-electron chi connectivity index (χ4n) is 1.49. The smallest absolute Gasteiger partial charge is 0.255 e. The number of carbonyl (C=O) groups is 1. The van der Waals surface area contributed by atoms with Crippen molar-refractivity contribution in [1.29, 1.82) is 0 Å². The molecule has 0 aliphatic carbocycles. The second-order valence-electron chi connectivity index (χ2n) is 3.76. The number of hydrogen-bond acceptors (Lipinski definition) is 4. The molecule has 1 rings (SSSR count). The monoisotopic (exact) mass is 238 g/mol. The summed E-state index contributed by atoms with van der Waals surface area (Å²) in [6.07, 6.45) is 3.23. The van der Waals surface area contributed by atoms with E-state index in [4.69, 9.17) is 9.84 Å². The van der Waals surface area contributed by atoms with Crippen LogP contribution in [0.5, 0.6) is 0 Å². The summed E-state index contributed by atoms with van der Waals surface area (Å²) >= 11 is 0. The number of carbonyl (C=O) groups excluding carboxylic acids is 1. The Balaban J connectivity index is 2.76. The topological polar surface area (TPSA) is 62.7 Å². The van der Waals surface area contributed by atoms with Crippen molar-refractivity contribution in [2.75, 3.05) is 33.4 Å². The Morgan fingerprint density at radius 3 is 2.82 bits per heavy atom. The molecule has 0 aliphatic heterocycles. The molecule has 0 unspecified atom stereocenters. The summed E-state index contributed by atoms with van der Waals surface area (Å²) < 4.78 is 4.94. The quantitative estimate of drug-likeness (QED) is 0.782. The Morgan fingerprint density at radius 1 is 1.47 bits per heavy atom. The van der Waals surface area contributed by atoms with Crippen LogP contribution in [0.25, 0.3) is 0 Å². The van der Waals surface area contributed by atoms with Crippen LogP contribution >= 0.6 is 0 Å². The van der Waals surface area contributed by atoms with E-state index in [-0.39, 0.29) is 12.5 Å². The molecular weight excluding hydrogens is 220 g/mol. The first-order chi connectivity index (χ1) is 8.19. The van der Waals surface area contributed by atoms with E-state index in [0.717, 1.165) is 5.56 Å².